The molecule has 4 rings (SSSR count). The molecule has 130 valence electrons. The maximum atomic E-state index is 13.0. The number of aryl methyl sites for hydroxylation is 2. The number of hydrogen-bond acceptors (Lipinski definition) is 4. The van der Waals surface area contributed by atoms with E-state index in [0.717, 1.165) is 28.9 Å². The van der Waals surface area contributed by atoms with Crippen molar-refractivity contribution in [2.75, 3.05) is 6.54 Å². The second-order valence-electron chi connectivity index (χ2n) is 6.65. The van der Waals surface area contributed by atoms with E-state index in [1.165, 1.54) is 11.1 Å². The van der Waals surface area contributed by atoms with Gasteiger partial charge in [0.2, 0.25) is 0 Å². The van der Waals surface area contributed by atoms with E-state index < -0.39 is 0 Å². The van der Waals surface area contributed by atoms with Crippen molar-refractivity contribution in [3.8, 4) is 11.1 Å². The predicted octanol–water partition coefficient (Wildman–Crippen LogP) is 3.35. The van der Waals surface area contributed by atoms with E-state index >= 15 is 0 Å². The molecule has 0 aliphatic carbocycles. The lowest BCUT2D eigenvalue weighted by Gasteiger charge is -2.15. The summed E-state index contributed by atoms with van der Waals surface area (Å²) in [6.45, 7) is 5.33. The summed E-state index contributed by atoms with van der Waals surface area (Å²) in [5.41, 5.74) is 6.90. The van der Waals surface area contributed by atoms with Gasteiger partial charge in [0, 0.05) is 43.4 Å². The van der Waals surface area contributed by atoms with Gasteiger partial charge >= 0.3 is 0 Å². The number of rotatable bonds is 4. The highest BCUT2D eigenvalue weighted by atomic mass is 16.2. The first-order valence-corrected chi connectivity index (χ1v) is 8.73. The second kappa shape index (κ2) is 6.67. The Morgan fingerprint density at radius 3 is 2.62 bits per heavy atom. The molecule has 0 radical (unpaired) electrons. The van der Waals surface area contributed by atoms with Crippen LogP contribution in [0, 0.1) is 13.8 Å². The number of carbonyl (C=O) groups excluding carboxylic acids is 1. The van der Waals surface area contributed by atoms with Crippen LogP contribution in [0.4, 0.5) is 0 Å². The zero-order chi connectivity index (χ0) is 18.1. The molecule has 1 amide bonds. The second-order valence-corrected chi connectivity index (χ2v) is 6.65. The zero-order valence-electron chi connectivity index (χ0n) is 14.9. The maximum Gasteiger partial charge on any atom is 0.256 e. The largest absolute Gasteiger partial charge is 0.332 e. The van der Waals surface area contributed by atoms with Gasteiger partial charge in [0.25, 0.3) is 5.91 Å². The Morgan fingerprint density at radius 2 is 1.85 bits per heavy atom. The van der Waals surface area contributed by atoms with Gasteiger partial charge in [-0.1, -0.05) is 0 Å². The molecule has 1 aliphatic heterocycles. The molecular weight excluding hydrogens is 324 g/mol. The summed E-state index contributed by atoms with van der Waals surface area (Å²) in [6, 6.07) is 7.85. The van der Waals surface area contributed by atoms with Crippen molar-refractivity contribution in [1.82, 2.24) is 19.9 Å². The molecule has 0 unspecified atom stereocenters. The molecule has 0 spiro atoms. The van der Waals surface area contributed by atoms with Crippen LogP contribution in [0.2, 0.25) is 0 Å². The molecule has 4 heterocycles. The van der Waals surface area contributed by atoms with Crippen LogP contribution in [0.15, 0.2) is 49.1 Å². The van der Waals surface area contributed by atoms with E-state index in [1.807, 2.05) is 29.3 Å². The summed E-state index contributed by atoms with van der Waals surface area (Å²) in [6.07, 6.45) is 7.89. The van der Waals surface area contributed by atoms with Crippen molar-refractivity contribution in [2.24, 2.45) is 0 Å². The van der Waals surface area contributed by atoms with Crippen LogP contribution in [-0.2, 0) is 13.0 Å². The molecule has 3 aromatic heterocycles. The Bertz CT molecular complexity index is 969. The van der Waals surface area contributed by atoms with Gasteiger partial charge in [0.1, 0.15) is 0 Å². The molecule has 0 saturated carbocycles. The molecule has 26 heavy (non-hydrogen) atoms. The summed E-state index contributed by atoms with van der Waals surface area (Å²) >= 11 is 0. The monoisotopic (exact) mass is 344 g/mol. The van der Waals surface area contributed by atoms with Crippen molar-refractivity contribution >= 4 is 5.91 Å². The lowest BCUT2D eigenvalue weighted by atomic mass is 10.0. The van der Waals surface area contributed by atoms with Crippen LogP contribution >= 0.6 is 0 Å². The first-order chi connectivity index (χ1) is 12.6. The first kappa shape index (κ1) is 16.4. The Hall–Kier alpha value is -3.08. The van der Waals surface area contributed by atoms with Gasteiger partial charge in [0.05, 0.1) is 17.8 Å². The van der Waals surface area contributed by atoms with Crippen LogP contribution in [0.25, 0.3) is 11.1 Å². The van der Waals surface area contributed by atoms with E-state index in [2.05, 4.69) is 34.9 Å². The number of carbonyl (C=O) groups is 1. The van der Waals surface area contributed by atoms with E-state index in [4.69, 9.17) is 0 Å². The van der Waals surface area contributed by atoms with Crippen LogP contribution in [0.1, 0.15) is 32.9 Å². The van der Waals surface area contributed by atoms with Crippen molar-refractivity contribution in [3.05, 3.63) is 77.1 Å². The molecule has 5 heteroatoms. The normalized spacial score (nSPS) is 13.2. The summed E-state index contributed by atoms with van der Waals surface area (Å²) in [5.74, 6) is 0.0451. The summed E-state index contributed by atoms with van der Waals surface area (Å²) in [4.78, 5) is 27.8. The van der Waals surface area contributed by atoms with E-state index in [-0.39, 0.29) is 5.91 Å². The van der Waals surface area contributed by atoms with Gasteiger partial charge in [-0.2, -0.15) is 0 Å². The Kier molecular flexibility index (Phi) is 4.21. The quantitative estimate of drug-likeness (QED) is 0.728. The van der Waals surface area contributed by atoms with Crippen LogP contribution in [0.5, 0.6) is 0 Å². The van der Waals surface area contributed by atoms with E-state index in [0.29, 0.717) is 18.7 Å². The molecule has 0 saturated heterocycles. The van der Waals surface area contributed by atoms with Gasteiger partial charge in [-0.3, -0.25) is 19.7 Å². The number of nitrogens with zero attached hydrogens (tertiary/aromatic N) is 4. The third-order valence-electron chi connectivity index (χ3n) is 4.93. The van der Waals surface area contributed by atoms with Gasteiger partial charge in [0.15, 0.2) is 0 Å². The van der Waals surface area contributed by atoms with Gasteiger partial charge in [-0.25, -0.2) is 0 Å². The summed E-state index contributed by atoms with van der Waals surface area (Å²) in [7, 11) is 0. The standard InChI is InChI=1S/C21H20N4O/c1-14-11-17(24-12-15(14)2)6-10-25-13-19-20(21(25)26)18(5-9-23-19)16-3-7-22-8-4-16/h3-5,7-9,11-12H,6,10,13H2,1-2H3. The first-order valence-electron chi connectivity index (χ1n) is 8.73. The van der Waals surface area contributed by atoms with Crippen LogP contribution in [0.3, 0.4) is 0 Å². The van der Waals surface area contributed by atoms with Crippen molar-refractivity contribution < 1.29 is 4.79 Å². The van der Waals surface area contributed by atoms with E-state index in [1.54, 1.807) is 18.6 Å². The number of pyridine rings is 3. The average Bonchev–Trinajstić information content (AvgIpc) is 2.99. The highest BCUT2D eigenvalue weighted by molar-refractivity contribution is 6.03. The summed E-state index contributed by atoms with van der Waals surface area (Å²) in [5, 5.41) is 0. The number of hydrogen-bond donors (Lipinski definition) is 0. The molecule has 3 aromatic rings. The molecule has 0 atom stereocenters. The fraction of sp³-hybridized carbons (Fsp3) is 0.238. The van der Waals surface area contributed by atoms with Crippen molar-refractivity contribution in [2.45, 2.75) is 26.8 Å². The number of aromatic nitrogens is 3. The zero-order valence-corrected chi connectivity index (χ0v) is 14.9. The lowest BCUT2D eigenvalue weighted by molar-refractivity contribution is 0.0780. The SMILES string of the molecule is Cc1cnc(CCN2Cc3nccc(-c4ccncc4)c3C2=O)cc1C. The molecule has 0 bridgehead atoms. The highest BCUT2D eigenvalue weighted by Gasteiger charge is 2.31. The minimum Gasteiger partial charge on any atom is -0.332 e. The van der Waals surface area contributed by atoms with Gasteiger partial charge in [-0.15, -0.1) is 0 Å². The molecule has 0 fully saturated rings. The fourth-order valence-corrected chi connectivity index (χ4v) is 3.30. The molecule has 0 aromatic carbocycles. The maximum absolute atomic E-state index is 13.0. The summed E-state index contributed by atoms with van der Waals surface area (Å²) < 4.78 is 0. The minimum absolute atomic E-state index is 0.0451. The third kappa shape index (κ3) is 2.96. The average molecular weight is 344 g/mol. The Morgan fingerprint density at radius 1 is 1.04 bits per heavy atom. The minimum atomic E-state index is 0.0451. The fourth-order valence-electron chi connectivity index (χ4n) is 3.30. The van der Waals surface area contributed by atoms with Gasteiger partial charge < -0.3 is 4.90 Å². The van der Waals surface area contributed by atoms with Crippen molar-refractivity contribution in [3.63, 3.8) is 0 Å². The lowest BCUT2D eigenvalue weighted by Crippen LogP contribution is -2.26. The number of amides is 1. The third-order valence-corrected chi connectivity index (χ3v) is 4.93. The Balaban J connectivity index is 1.56. The molecule has 5 nitrogen and oxygen atoms in total. The smallest absolute Gasteiger partial charge is 0.256 e. The Labute approximate surface area is 152 Å². The number of fused-ring (bicyclic) bond motifs is 1. The predicted molar refractivity (Wildman–Crippen MR) is 99.6 cm³/mol. The topological polar surface area (TPSA) is 59.0 Å². The van der Waals surface area contributed by atoms with Crippen molar-refractivity contribution in [1.29, 1.82) is 0 Å². The molecule has 1 aliphatic rings. The van der Waals surface area contributed by atoms with E-state index in [9.17, 15) is 4.79 Å². The molecular formula is C21H20N4O. The van der Waals surface area contributed by atoms with Gasteiger partial charge in [-0.05, 0) is 60.4 Å². The highest BCUT2D eigenvalue weighted by Crippen LogP contribution is 2.31. The molecule has 0 N–H and O–H groups in total. The van der Waals surface area contributed by atoms with Crippen LogP contribution < -0.4 is 0 Å². The van der Waals surface area contributed by atoms with Crippen LogP contribution in [-0.4, -0.2) is 32.3 Å².